The summed E-state index contributed by atoms with van der Waals surface area (Å²) in [7, 11) is 0. The Morgan fingerprint density at radius 3 is 1.47 bits per heavy atom. The van der Waals surface area contributed by atoms with E-state index >= 15 is 0 Å². The fraction of sp³-hybridized carbons (Fsp3) is 0.929. The molecule has 4 saturated carbocycles. The zero-order valence-electron chi connectivity index (χ0n) is 20.1. The Bertz CT molecular complexity index is 503. The average Bonchev–Trinajstić information content (AvgIpc) is 2.71. The summed E-state index contributed by atoms with van der Waals surface area (Å²) in [5.74, 6) is 2.78. The molecule has 0 spiro atoms. The molecule has 0 unspecified atom stereocenters. The fourth-order valence-corrected chi connectivity index (χ4v) is 7.79. The molecule has 0 amide bonds. The van der Waals surface area contributed by atoms with Gasteiger partial charge in [-0.25, -0.2) is 0 Å². The molecule has 0 heterocycles. The second-order valence-electron chi connectivity index (χ2n) is 11.7. The number of carbonyl (C=O) groups excluding carboxylic acids is 2. The first-order valence-corrected chi connectivity index (χ1v) is 13.5. The van der Waals surface area contributed by atoms with Crippen LogP contribution in [-0.2, 0) is 9.59 Å². The second kappa shape index (κ2) is 11.3. The van der Waals surface area contributed by atoms with Crippen LogP contribution in [0.3, 0.4) is 0 Å². The predicted octanol–water partition coefficient (Wildman–Crippen LogP) is 8.21. The van der Waals surface area contributed by atoms with Gasteiger partial charge >= 0.3 is 0 Å². The van der Waals surface area contributed by atoms with E-state index in [0.717, 1.165) is 63.2 Å². The smallest absolute Gasteiger partial charge is 0.132 e. The third-order valence-corrected chi connectivity index (χ3v) is 8.79. The van der Waals surface area contributed by atoms with Gasteiger partial charge in [-0.1, -0.05) is 52.4 Å². The maximum Gasteiger partial charge on any atom is 0.132 e. The Labute approximate surface area is 186 Å². The van der Waals surface area contributed by atoms with Gasteiger partial charge in [-0.2, -0.15) is 0 Å². The number of Topliss-reactive ketones (excluding diaryl/α,β-unsaturated/α-hetero) is 2. The van der Waals surface area contributed by atoms with Crippen LogP contribution in [0.1, 0.15) is 142 Å². The van der Waals surface area contributed by atoms with E-state index in [1.807, 2.05) is 0 Å². The highest BCUT2D eigenvalue weighted by atomic mass is 16.1. The number of hydrogen-bond acceptors (Lipinski definition) is 2. The minimum Gasteiger partial charge on any atom is -0.300 e. The molecule has 0 radical (unpaired) electrons. The zero-order chi connectivity index (χ0) is 21.5. The van der Waals surface area contributed by atoms with Gasteiger partial charge in [-0.3, -0.25) is 9.59 Å². The molecule has 0 atom stereocenters. The van der Waals surface area contributed by atoms with E-state index in [2.05, 4.69) is 13.8 Å². The molecule has 4 bridgehead atoms. The molecule has 4 fully saturated rings. The molecule has 4 aliphatic rings. The van der Waals surface area contributed by atoms with E-state index in [-0.39, 0.29) is 0 Å². The zero-order valence-corrected chi connectivity index (χ0v) is 20.1. The van der Waals surface area contributed by atoms with Crippen LogP contribution in [0, 0.1) is 22.7 Å². The number of carbonyl (C=O) groups is 2. The molecular weight excluding hydrogens is 368 g/mol. The molecule has 0 saturated heterocycles. The molecule has 2 heteroatoms. The van der Waals surface area contributed by atoms with Crippen LogP contribution in [0.5, 0.6) is 0 Å². The van der Waals surface area contributed by atoms with Crippen LogP contribution in [0.4, 0.5) is 0 Å². The molecule has 0 aromatic rings. The summed E-state index contributed by atoms with van der Waals surface area (Å²) < 4.78 is 0. The van der Waals surface area contributed by atoms with E-state index in [9.17, 15) is 9.59 Å². The van der Waals surface area contributed by atoms with Crippen molar-refractivity contribution in [2.24, 2.45) is 22.7 Å². The lowest BCUT2D eigenvalue weighted by Crippen LogP contribution is -2.52. The van der Waals surface area contributed by atoms with Crippen LogP contribution < -0.4 is 0 Å². The minimum atomic E-state index is 0.438. The van der Waals surface area contributed by atoms with Crippen LogP contribution in [0.15, 0.2) is 0 Å². The second-order valence-corrected chi connectivity index (χ2v) is 11.7. The molecular formula is C28H48O2. The molecule has 4 rings (SSSR count). The minimum absolute atomic E-state index is 0.438. The van der Waals surface area contributed by atoms with E-state index in [4.69, 9.17) is 0 Å². The number of ketones is 2. The van der Waals surface area contributed by atoms with Crippen LogP contribution in [-0.4, -0.2) is 11.6 Å². The van der Waals surface area contributed by atoms with Crippen molar-refractivity contribution in [3.8, 4) is 0 Å². The number of rotatable bonds is 16. The average molecular weight is 417 g/mol. The first-order chi connectivity index (χ1) is 14.5. The highest BCUT2D eigenvalue weighted by molar-refractivity contribution is 5.78. The van der Waals surface area contributed by atoms with E-state index < -0.39 is 0 Å². The van der Waals surface area contributed by atoms with Crippen LogP contribution in [0.2, 0.25) is 0 Å². The van der Waals surface area contributed by atoms with Crippen molar-refractivity contribution in [3.63, 3.8) is 0 Å². The van der Waals surface area contributed by atoms with Gasteiger partial charge in [-0.15, -0.1) is 0 Å². The van der Waals surface area contributed by atoms with Gasteiger partial charge in [0.15, 0.2) is 0 Å². The molecule has 0 aliphatic heterocycles. The van der Waals surface area contributed by atoms with Crippen molar-refractivity contribution >= 4 is 11.6 Å². The first kappa shape index (κ1) is 24.0. The van der Waals surface area contributed by atoms with E-state index in [1.165, 1.54) is 77.0 Å². The Morgan fingerprint density at radius 1 is 0.633 bits per heavy atom. The molecule has 4 aliphatic carbocycles. The Hall–Kier alpha value is -0.660. The largest absolute Gasteiger partial charge is 0.300 e. The van der Waals surface area contributed by atoms with Gasteiger partial charge in [-0.05, 0) is 86.9 Å². The molecule has 0 aromatic carbocycles. The summed E-state index contributed by atoms with van der Waals surface area (Å²) in [6.45, 7) is 4.45. The lowest BCUT2D eigenvalue weighted by atomic mass is 9.42. The molecule has 30 heavy (non-hydrogen) atoms. The first-order valence-electron chi connectivity index (χ1n) is 13.5. The Balaban J connectivity index is 1.47. The summed E-state index contributed by atoms with van der Waals surface area (Å²) in [6.07, 6.45) is 23.4. The van der Waals surface area contributed by atoms with Gasteiger partial charge < -0.3 is 0 Å². The van der Waals surface area contributed by atoms with Crippen molar-refractivity contribution in [2.45, 2.75) is 142 Å². The lowest BCUT2D eigenvalue weighted by Gasteiger charge is -2.62. The van der Waals surface area contributed by atoms with E-state index in [0.29, 0.717) is 22.4 Å². The van der Waals surface area contributed by atoms with Gasteiger partial charge in [0.2, 0.25) is 0 Å². The number of hydrogen-bond donors (Lipinski definition) is 0. The Kier molecular flexibility index (Phi) is 9.02. The van der Waals surface area contributed by atoms with Gasteiger partial charge in [0.05, 0.1) is 0 Å². The standard InChI is InChI=1S/C28H48O2/c1-3-5-7-9-11-25(29)13-15-27-18-23-17-24(19-27)21-28(20-23,22-27)16-14-26(30)12-10-8-6-4-2/h23-24H,3-22H2,1-2H3. The third kappa shape index (κ3) is 6.67. The van der Waals surface area contributed by atoms with Crippen molar-refractivity contribution in [1.82, 2.24) is 0 Å². The van der Waals surface area contributed by atoms with Crippen LogP contribution in [0.25, 0.3) is 0 Å². The number of unbranched alkanes of at least 4 members (excludes halogenated alkanes) is 6. The summed E-state index contributed by atoms with van der Waals surface area (Å²) in [4.78, 5) is 25.0. The molecule has 172 valence electrons. The maximum absolute atomic E-state index is 12.5. The van der Waals surface area contributed by atoms with Crippen molar-refractivity contribution in [2.75, 3.05) is 0 Å². The molecule has 0 aromatic heterocycles. The topological polar surface area (TPSA) is 34.1 Å². The molecule has 0 N–H and O–H groups in total. The quantitative estimate of drug-likeness (QED) is 0.237. The fourth-order valence-electron chi connectivity index (χ4n) is 7.79. The van der Waals surface area contributed by atoms with Crippen molar-refractivity contribution in [3.05, 3.63) is 0 Å². The normalized spacial score (nSPS) is 31.9. The summed E-state index contributed by atoms with van der Waals surface area (Å²) >= 11 is 0. The monoisotopic (exact) mass is 416 g/mol. The van der Waals surface area contributed by atoms with E-state index in [1.54, 1.807) is 0 Å². The van der Waals surface area contributed by atoms with Crippen molar-refractivity contribution in [1.29, 1.82) is 0 Å². The molecule has 2 nitrogen and oxygen atoms in total. The highest BCUT2D eigenvalue weighted by Gasteiger charge is 2.56. The maximum atomic E-state index is 12.5. The van der Waals surface area contributed by atoms with Gasteiger partial charge in [0, 0.05) is 25.7 Å². The van der Waals surface area contributed by atoms with Gasteiger partial charge in [0.25, 0.3) is 0 Å². The Morgan fingerprint density at radius 2 is 1.07 bits per heavy atom. The van der Waals surface area contributed by atoms with Gasteiger partial charge in [0.1, 0.15) is 11.6 Å². The highest BCUT2D eigenvalue weighted by Crippen LogP contribution is 2.67. The summed E-state index contributed by atoms with van der Waals surface area (Å²) in [5, 5.41) is 0. The SMILES string of the molecule is CCCCCCC(=O)CCC12CC3CC(C1)CC(CCC(=O)CCCCCC)(C3)C2. The lowest BCUT2D eigenvalue weighted by molar-refractivity contribution is -0.133. The predicted molar refractivity (Wildman–Crippen MR) is 126 cm³/mol. The van der Waals surface area contributed by atoms with Crippen LogP contribution >= 0.6 is 0 Å². The summed E-state index contributed by atoms with van der Waals surface area (Å²) in [5.41, 5.74) is 0.876. The van der Waals surface area contributed by atoms with Crippen molar-refractivity contribution < 1.29 is 9.59 Å². The summed E-state index contributed by atoms with van der Waals surface area (Å²) in [6, 6.07) is 0. The third-order valence-electron chi connectivity index (χ3n) is 8.79.